The van der Waals surface area contributed by atoms with Crippen molar-refractivity contribution in [1.29, 1.82) is 0 Å². The molecule has 0 aliphatic carbocycles. The van der Waals surface area contributed by atoms with E-state index in [1.165, 1.54) is 0 Å². The predicted octanol–water partition coefficient (Wildman–Crippen LogP) is 0.120. The second kappa shape index (κ2) is 8.06. The summed E-state index contributed by atoms with van der Waals surface area (Å²) in [4.78, 5) is 12.2. The highest BCUT2D eigenvalue weighted by Gasteiger charge is 2.22. The normalized spacial score (nSPS) is 10.6. The van der Waals surface area contributed by atoms with E-state index in [1.54, 1.807) is 32.2 Å². The van der Waals surface area contributed by atoms with Crippen LogP contribution in [0.3, 0.4) is 0 Å². The zero-order chi connectivity index (χ0) is 15.4. The zero-order valence-corrected chi connectivity index (χ0v) is 14.0. The molecule has 0 unspecified atom stereocenters. The quantitative estimate of drug-likeness (QED) is 0.764. The summed E-state index contributed by atoms with van der Waals surface area (Å²) in [6.45, 7) is 6.66. The fraction of sp³-hybridized carbons (Fsp3) is 0.438. The van der Waals surface area contributed by atoms with E-state index in [-0.39, 0.29) is 18.4 Å². The van der Waals surface area contributed by atoms with Crippen molar-refractivity contribution < 1.29 is 31.1 Å². The summed E-state index contributed by atoms with van der Waals surface area (Å²) in [6, 6.07) is 5.70. The second-order valence-electron chi connectivity index (χ2n) is 5.02. The van der Waals surface area contributed by atoms with Crippen LogP contribution >= 0.6 is 0 Å². The van der Waals surface area contributed by atoms with Gasteiger partial charge in [0.15, 0.2) is 0 Å². The lowest BCUT2D eigenvalue weighted by Gasteiger charge is -2.07. The Morgan fingerprint density at radius 3 is 2.68 bits per heavy atom. The molecule has 1 aromatic heterocycles. The highest BCUT2D eigenvalue weighted by Crippen LogP contribution is 2.30. The molecule has 2 aromatic rings. The summed E-state index contributed by atoms with van der Waals surface area (Å²) in [5, 5.41) is 3.97. The Kier molecular flexibility index (Phi) is 6.71. The predicted molar refractivity (Wildman–Crippen MR) is 80.7 cm³/mol. The van der Waals surface area contributed by atoms with E-state index in [9.17, 15) is 4.79 Å². The maximum absolute atomic E-state index is 12.2. The molecule has 1 aromatic carbocycles. The number of esters is 1. The van der Waals surface area contributed by atoms with Gasteiger partial charge in [0, 0.05) is 11.4 Å². The van der Waals surface area contributed by atoms with Crippen LogP contribution in [0, 0.1) is 0 Å². The molecule has 5 nitrogen and oxygen atoms in total. The van der Waals surface area contributed by atoms with Crippen molar-refractivity contribution in [3.63, 3.8) is 0 Å². The van der Waals surface area contributed by atoms with Gasteiger partial charge in [-0.05, 0) is 25.1 Å². The molecule has 2 rings (SSSR count). The molecule has 0 amide bonds. The Hall–Kier alpha value is -1.72. The smallest absolute Gasteiger partial charge is 0.342 e. The van der Waals surface area contributed by atoms with E-state index >= 15 is 0 Å². The number of rotatable bonds is 6. The molecule has 0 atom stereocenters. The van der Waals surface area contributed by atoms with E-state index in [2.05, 4.69) is 5.32 Å². The number of halogens is 1. The molecule has 0 aliphatic heterocycles. The highest BCUT2D eigenvalue weighted by molar-refractivity contribution is 6.05. The number of ether oxygens (including phenoxy) is 2. The standard InChI is InChI=1S/C16H21NO4.ClH/c1-5-20-16(18)15-12-8-11(19-4)6-7-13(12)21-14(15)9-17-10(2)3;/h6-8,10,17H,5,9H2,1-4H3;1H/p-1. The highest BCUT2D eigenvalue weighted by atomic mass is 35.5. The molecule has 0 spiro atoms. The number of furan rings is 1. The first-order valence-corrected chi connectivity index (χ1v) is 7.06. The van der Waals surface area contributed by atoms with Crippen LogP contribution in [0.4, 0.5) is 0 Å². The van der Waals surface area contributed by atoms with Gasteiger partial charge >= 0.3 is 5.97 Å². The maximum atomic E-state index is 12.2. The van der Waals surface area contributed by atoms with Crippen molar-refractivity contribution in [3.05, 3.63) is 29.5 Å². The van der Waals surface area contributed by atoms with Crippen LogP contribution in [0.1, 0.15) is 36.9 Å². The van der Waals surface area contributed by atoms with Gasteiger partial charge in [0.1, 0.15) is 22.7 Å². The number of methoxy groups -OCH3 is 1. The van der Waals surface area contributed by atoms with Crippen LogP contribution in [0.25, 0.3) is 11.0 Å². The molecule has 1 N–H and O–H groups in total. The monoisotopic (exact) mass is 326 g/mol. The molecular weight excluding hydrogens is 306 g/mol. The third-order valence-electron chi connectivity index (χ3n) is 3.12. The summed E-state index contributed by atoms with van der Waals surface area (Å²) in [6.07, 6.45) is 0. The second-order valence-corrected chi connectivity index (χ2v) is 5.02. The summed E-state index contributed by atoms with van der Waals surface area (Å²) < 4.78 is 16.2. The average molecular weight is 327 g/mol. The number of nitrogens with one attached hydrogen (secondary N) is 1. The largest absolute Gasteiger partial charge is 1.00 e. The van der Waals surface area contributed by atoms with E-state index in [0.717, 1.165) is 0 Å². The molecule has 1 heterocycles. The minimum atomic E-state index is -0.370. The van der Waals surface area contributed by atoms with Gasteiger partial charge in [-0.3, -0.25) is 0 Å². The molecule has 6 heteroatoms. The molecule has 0 aliphatic rings. The van der Waals surface area contributed by atoms with Crippen molar-refractivity contribution in [3.8, 4) is 5.75 Å². The van der Waals surface area contributed by atoms with Crippen LogP contribution < -0.4 is 22.5 Å². The van der Waals surface area contributed by atoms with E-state index in [1.807, 2.05) is 13.8 Å². The third-order valence-corrected chi connectivity index (χ3v) is 3.12. The average Bonchev–Trinajstić information content (AvgIpc) is 2.82. The lowest BCUT2D eigenvalue weighted by Crippen LogP contribution is -3.00. The van der Waals surface area contributed by atoms with E-state index in [4.69, 9.17) is 13.9 Å². The SMILES string of the molecule is CCOC(=O)c1c(CNC(C)C)oc2ccc(OC)cc12.[Cl-]. The summed E-state index contributed by atoms with van der Waals surface area (Å²) >= 11 is 0. The molecule has 22 heavy (non-hydrogen) atoms. The zero-order valence-electron chi connectivity index (χ0n) is 13.2. The van der Waals surface area contributed by atoms with Gasteiger partial charge in [0.25, 0.3) is 0 Å². The first-order valence-electron chi connectivity index (χ1n) is 7.06. The van der Waals surface area contributed by atoms with Gasteiger partial charge in [0.2, 0.25) is 0 Å². The molecule has 0 saturated heterocycles. The first kappa shape index (κ1) is 18.3. The Morgan fingerprint density at radius 2 is 2.09 bits per heavy atom. The van der Waals surface area contributed by atoms with Gasteiger partial charge in [-0.1, -0.05) is 13.8 Å². The number of carbonyl (C=O) groups is 1. The number of benzene rings is 1. The van der Waals surface area contributed by atoms with Crippen LogP contribution in [0.15, 0.2) is 22.6 Å². The van der Waals surface area contributed by atoms with Gasteiger partial charge in [-0.25, -0.2) is 4.79 Å². The Morgan fingerprint density at radius 1 is 1.36 bits per heavy atom. The molecule has 0 fully saturated rings. The van der Waals surface area contributed by atoms with Crippen molar-refractivity contribution in [1.82, 2.24) is 5.32 Å². The Balaban J connectivity index is 0.00000242. The van der Waals surface area contributed by atoms with Crippen LogP contribution in [-0.4, -0.2) is 25.7 Å². The van der Waals surface area contributed by atoms with E-state index in [0.29, 0.717) is 47.2 Å². The van der Waals surface area contributed by atoms with Gasteiger partial charge < -0.3 is 31.6 Å². The number of fused-ring (bicyclic) bond motifs is 1. The minimum absolute atomic E-state index is 0. The molecule has 0 bridgehead atoms. The van der Waals surface area contributed by atoms with Crippen molar-refractivity contribution >= 4 is 16.9 Å². The maximum Gasteiger partial charge on any atom is 0.342 e. The number of carbonyl (C=O) groups excluding carboxylic acids is 1. The minimum Gasteiger partial charge on any atom is -1.00 e. The lowest BCUT2D eigenvalue weighted by atomic mass is 10.1. The molecule has 122 valence electrons. The number of hydrogen-bond acceptors (Lipinski definition) is 5. The molecule has 0 saturated carbocycles. The summed E-state index contributed by atoms with van der Waals surface area (Å²) in [5.41, 5.74) is 1.12. The van der Waals surface area contributed by atoms with Gasteiger partial charge in [-0.2, -0.15) is 0 Å². The Bertz CT molecular complexity index is 636. The topological polar surface area (TPSA) is 60.7 Å². The molecule has 0 radical (unpaired) electrons. The van der Waals surface area contributed by atoms with Crippen LogP contribution in [-0.2, 0) is 11.3 Å². The first-order chi connectivity index (χ1) is 10.1. The molecular formula is C16H21ClNO4-. The van der Waals surface area contributed by atoms with Crippen molar-refractivity contribution in [2.45, 2.75) is 33.4 Å². The third kappa shape index (κ3) is 3.93. The fourth-order valence-electron chi connectivity index (χ4n) is 2.10. The van der Waals surface area contributed by atoms with Crippen molar-refractivity contribution in [2.24, 2.45) is 0 Å². The summed E-state index contributed by atoms with van der Waals surface area (Å²) in [7, 11) is 1.59. The Labute approximate surface area is 136 Å². The van der Waals surface area contributed by atoms with Crippen molar-refractivity contribution in [2.75, 3.05) is 13.7 Å². The van der Waals surface area contributed by atoms with Gasteiger partial charge in [0.05, 0.1) is 20.3 Å². The fourth-order valence-corrected chi connectivity index (χ4v) is 2.10. The van der Waals surface area contributed by atoms with Crippen LogP contribution in [0.2, 0.25) is 0 Å². The van der Waals surface area contributed by atoms with Gasteiger partial charge in [-0.15, -0.1) is 0 Å². The lowest BCUT2D eigenvalue weighted by molar-refractivity contribution is -0.0000241. The van der Waals surface area contributed by atoms with E-state index < -0.39 is 0 Å². The van der Waals surface area contributed by atoms with Crippen LogP contribution in [0.5, 0.6) is 5.75 Å². The number of hydrogen-bond donors (Lipinski definition) is 1. The summed E-state index contributed by atoms with van der Waals surface area (Å²) in [5.74, 6) is 0.896.